The van der Waals surface area contributed by atoms with Crippen LogP contribution in [-0.2, 0) is 9.47 Å². The van der Waals surface area contributed by atoms with E-state index < -0.39 is 22.8 Å². The van der Waals surface area contributed by atoms with E-state index in [2.05, 4.69) is 4.98 Å². The number of ether oxygens (including phenoxy) is 2. The SMILES string of the molecule is C[C@@H](OC(=O)c1cc(N2CCOCC2)ccc1[N+](=O)[O-])C(=O)c1c[nH]c2ccccc12. The molecule has 31 heavy (non-hydrogen) atoms. The van der Waals surface area contributed by atoms with E-state index in [-0.39, 0.29) is 11.3 Å². The van der Waals surface area contributed by atoms with E-state index in [1.54, 1.807) is 18.3 Å². The van der Waals surface area contributed by atoms with E-state index >= 15 is 0 Å². The number of hydrogen-bond acceptors (Lipinski definition) is 7. The number of morpholine rings is 1. The lowest BCUT2D eigenvalue weighted by Gasteiger charge is -2.29. The van der Waals surface area contributed by atoms with E-state index in [9.17, 15) is 19.7 Å². The summed E-state index contributed by atoms with van der Waals surface area (Å²) in [6.07, 6.45) is 0.456. The molecule has 9 heteroatoms. The number of nitrogens with zero attached hydrogens (tertiary/aromatic N) is 2. The van der Waals surface area contributed by atoms with Gasteiger partial charge in [0.1, 0.15) is 5.56 Å². The average molecular weight is 423 g/mol. The number of para-hydroxylation sites is 1. The molecular formula is C22H21N3O6. The van der Waals surface area contributed by atoms with E-state index in [4.69, 9.17) is 9.47 Å². The van der Waals surface area contributed by atoms with Crippen LogP contribution >= 0.6 is 0 Å². The van der Waals surface area contributed by atoms with Gasteiger partial charge in [-0.2, -0.15) is 0 Å². The monoisotopic (exact) mass is 423 g/mol. The maximum atomic E-state index is 12.9. The van der Waals surface area contributed by atoms with Crippen molar-refractivity contribution in [3.63, 3.8) is 0 Å². The van der Waals surface area contributed by atoms with Crippen LogP contribution in [0.1, 0.15) is 27.6 Å². The Bertz CT molecular complexity index is 1150. The van der Waals surface area contributed by atoms with Crippen LogP contribution < -0.4 is 4.90 Å². The molecule has 1 aromatic heterocycles. The molecule has 0 amide bonds. The predicted molar refractivity (Wildman–Crippen MR) is 114 cm³/mol. The van der Waals surface area contributed by atoms with Crippen LogP contribution in [0.15, 0.2) is 48.7 Å². The number of carbonyl (C=O) groups is 2. The average Bonchev–Trinajstić information content (AvgIpc) is 3.22. The summed E-state index contributed by atoms with van der Waals surface area (Å²) in [5.41, 5.74) is 1.29. The number of aromatic amines is 1. The molecule has 1 aliphatic rings. The number of nitrogens with one attached hydrogen (secondary N) is 1. The van der Waals surface area contributed by atoms with Gasteiger partial charge in [0.25, 0.3) is 5.69 Å². The minimum atomic E-state index is -1.11. The topological polar surface area (TPSA) is 115 Å². The summed E-state index contributed by atoms with van der Waals surface area (Å²) in [5, 5.41) is 12.2. The molecule has 160 valence electrons. The fraction of sp³-hybridized carbons (Fsp3) is 0.273. The molecule has 1 fully saturated rings. The van der Waals surface area contributed by atoms with Crippen LogP contribution in [0.3, 0.4) is 0 Å². The Labute approximate surface area is 177 Å². The highest BCUT2D eigenvalue weighted by molar-refractivity contribution is 6.10. The van der Waals surface area contributed by atoms with Gasteiger partial charge in [0.2, 0.25) is 5.78 Å². The van der Waals surface area contributed by atoms with Gasteiger partial charge >= 0.3 is 5.97 Å². The first-order chi connectivity index (χ1) is 15.0. The second-order valence-electron chi connectivity index (χ2n) is 7.22. The first-order valence-electron chi connectivity index (χ1n) is 9.88. The van der Waals surface area contributed by atoms with Gasteiger partial charge in [0.15, 0.2) is 6.10 Å². The van der Waals surface area contributed by atoms with Gasteiger partial charge in [-0.3, -0.25) is 14.9 Å². The van der Waals surface area contributed by atoms with Gasteiger partial charge in [0.05, 0.1) is 18.1 Å². The molecule has 0 saturated carbocycles. The highest BCUT2D eigenvalue weighted by atomic mass is 16.6. The van der Waals surface area contributed by atoms with Crippen LogP contribution in [0.2, 0.25) is 0 Å². The maximum absolute atomic E-state index is 12.9. The smallest absolute Gasteiger partial charge is 0.345 e. The Morgan fingerprint density at radius 2 is 1.90 bits per heavy atom. The number of benzene rings is 2. The van der Waals surface area contributed by atoms with Crippen molar-refractivity contribution in [3.8, 4) is 0 Å². The molecule has 3 aromatic rings. The zero-order valence-corrected chi connectivity index (χ0v) is 16.9. The Morgan fingerprint density at radius 3 is 2.65 bits per heavy atom. The van der Waals surface area contributed by atoms with Crippen molar-refractivity contribution >= 4 is 34.0 Å². The van der Waals surface area contributed by atoms with E-state index in [1.165, 1.54) is 19.1 Å². The third kappa shape index (κ3) is 4.13. The van der Waals surface area contributed by atoms with Crippen molar-refractivity contribution in [2.24, 2.45) is 0 Å². The third-order valence-corrected chi connectivity index (χ3v) is 5.28. The summed E-state index contributed by atoms with van der Waals surface area (Å²) < 4.78 is 10.7. The standard InChI is InChI=1S/C22H21N3O6/c1-14(21(26)18-13-23-19-5-3-2-4-16(18)19)31-22(27)17-12-15(6-7-20(17)25(28)29)24-8-10-30-11-9-24/h2-7,12-14,23H,8-11H2,1H3/t14-/m1/s1. The lowest BCUT2D eigenvalue weighted by molar-refractivity contribution is -0.385. The van der Waals surface area contributed by atoms with Crippen molar-refractivity contribution < 1.29 is 24.0 Å². The molecule has 0 spiro atoms. The number of H-pyrrole nitrogens is 1. The minimum absolute atomic E-state index is 0.187. The number of carbonyl (C=O) groups excluding carboxylic acids is 2. The maximum Gasteiger partial charge on any atom is 0.345 e. The number of rotatable bonds is 6. The van der Waals surface area contributed by atoms with Gasteiger partial charge in [-0.05, 0) is 25.1 Å². The molecular weight excluding hydrogens is 402 g/mol. The summed E-state index contributed by atoms with van der Waals surface area (Å²) in [6, 6.07) is 11.6. The summed E-state index contributed by atoms with van der Waals surface area (Å²) in [5.74, 6) is -1.31. The van der Waals surface area contributed by atoms with Gasteiger partial charge in [-0.25, -0.2) is 4.79 Å². The second-order valence-corrected chi connectivity index (χ2v) is 7.22. The molecule has 1 atom stereocenters. The Balaban J connectivity index is 1.57. The van der Waals surface area contributed by atoms with Crippen molar-refractivity contribution in [1.29, 1.82) is 0 Å². The zero-order chi connectivity index (χ0) is 22.0. The molecule has 1 saturated heterocycles. The number of aromatic nitrogens is 1. The number of hydrogen-bond donors (Lipinski definition) is 1. The second kappa shape index (κ2) is 8.57. The zero-order valence-electron chi connectivity index (χ0n) is 16.9. The minimum Gasteiger partial charge on any atom is -0.450 e. The van der Waals surface area contributed by atoms with Crippen molar-refractivity contribution in [1.82, 2.24) is 4.98 Å². The highest BCUT2D eigenvalue weighted by Gasteiger charge is 2.28. The largest absolute Gasteiger partial charge is 0.450 e. The highest BCUT2D eigenvalue weighted by Crippen LogP contribution is 2.27. The number of ketones is 1. The number of nitro groups is 1. The van der Waals surface area contributed by atoms with Gasteiger partial charge < -0.3 is 19.4 Å². The van der Waals surface area contributed by atoms with Crippen LogP contribution in [-0.4, -0.2) is 54.1 Å². The number of fused-ring (bicyclic) bond motifs is 1. The molecule has 1 N–H and O–H groups in total. The molecule has 0 unspecified atom stereocenters. The van der Waals surface area contributed by atoms with Crippen LogP contribution in [0, 0.1) is 10.1 Å². The van der Waals surface area contributed by atoms with Crippen LogP contribution in [0.5, 0.6) is 0 Å². The number of esters is 1. The molecule has 0 radical (unpaired) electrons. The van der Waals surface area contributed by atoms with Crippen molar-refractivity contribution in [2.45, 2.75) is 13.0 Å². The lowest BCUT2D eigenvalue weighted by atomic mass is 10.1. The van der Waals surface area contributed by atoms with Crippen LogP contribution in [0.25, 0.3) is 10.9 Å². The van der Waals surface area contributed by atoms with Gasteiger partial charge in [-0.1, -0.05) is 18.2 Å². The van der Waals surface area contributed by atoms with E-state index in [1.807, 2.05) is 23.1 Å². The molecule has 4 rings (SSSR count). The molecule has 2 heterocycles. The van der Waals surface area contributed by atoms with E-state index in [0.717, 1.165) is 10.9 Å². The Morgan fingerprint density at radius 1 is 1.16 bits per heavy atom. The predicted octanol–water partition coefficient (Wildman–Crippen LogP) is 3.34. The summed E-state index contributed by atoms with van der Waals surface area (Å²) >= 11 is 0. The molecule has 2 aromatic carbocycles. The molecule has 0 bridgehead atoms. The van der Waals surface area contributed by atoms with Crippen molar-refractivity contribution in [2.75, 3.05) is 31.2 Å². The van der Waals surface area contributed by atoms with E-state index in [0.29, 0.717) is 37.6 Å². The summed E-state index contributed by atoms with van der Waals surface area (Å²) in [4.78, 5) is 41.5. The first-order valence-corrected chi connectivity index (χ1v) is 9.88. The van der Waals surface area contributed by atoms with Crippen LogP contribution in [0.4, 0.5) is 11.4 Å². The van der Waals surface area contributed by atoms with Gasteiger partial charge in [-0.15, -0.1) is 0 Å². The fourth-order valence-corrected chi connectivity index (χ4v) is 3.64. The molecule has 0 aliphatic carbocycles. The molecule has 9 nitrogen and oxygen atoms in total. The molecule has 1 aliphatic heterocycles. The normalized spacial score (nSPS) is 14.9. The summed E-state index contributed by atoms with van der Waals surface area (Å²) in [7, 11) is 0. The lowest BCUT2D eigenvalue weighted by Crippen LogP contribution is -2.36. The number of nitro benzene ring substituents is 1. The number of Topliss-reactive ketones (excluding diaryl/α,β-unsaturated/α-hetero) is 1. The summed E-state index contributed by atoms with van der Waals surface area (Å²) in [6.45, 7) is 3.75. The Kier molecular flexibility index (Phi) is 5.68. The Hall–Kier alpha value is -3.72. The quantitative estimate of drug-likeness (QED) is 0.280. The number of anilines is 1. The fourth-order valence-electron chi connectivity index (χ4n) is 3.64. The first kappa shape index (κ1) is 20.5. The van der Waals surface area contributed by atoms with Crippen molar-refractivity contribution in [3.05, 3.63) is 69.9 Å². The van der Waals surface area contributed by atoms with Gasteiger partial charge in [0, 0.05) is 47.5 Å². The third-order valence-electron chi connectivity index (χ3n) is 5.28.